The molecule has 7 heteroatoms. The minimum atomic E-state index is 0.366. The lowest BCUT2D eigenvalue weighted by atomic mass is 10.3. The zero-order valence-corrected chi connectivity index (χ0v) is 12.9. The van der Waals surface area contributed by atoms with Gasteiger partial charge in [0.1, 0.15) is 5.03 Å². The van der Waals surface area contributed by atoms with Gasteiger partial charge in [-0.3, -0.25) is 0 Å². The molecular formula is C14H14N4OS2. The van der Waals surface area contributed by atoms with E-state index in [1.807, 2.05) is 28.1 Å². The molecule has 0 saturated carbocycles. The number of nitrogens with zero attached hydrogens (tertiary/aromatic N) is 4. The molecule has 0 N–H and O–H groups in total. The smallest absolute Gasteiger partial charge is 0.186 e. The normalized spacial score (nSPS) is 18.6. The lowest BCUT2D eigenvalue weighted by Gasteiger charge is -2.08. The van der Waals surface area contributed by atoms with Gasteiger partial charge in [-0.05, 0) is 36.4 Å². The molecule has 0 aliphatic carbocycles. The Morgan fingerprint density at radius 3 is 3.14 bits per heavy atom. The highest BCUT2D eigenvalue weighted by Gasteiger charge is 2.16. The lowest BCUT2D eigenvalue weighted by Crippen LogP contribution is -2.08. The zero-order valence-electron chi connectivity index (χ0n) is 11.3. The van der Waals surface area contributed by atoms with Crippen LogP contribution < -0.4 is 0 Å². The van der Waals surface area contributed by atoms with Crippen LogP contribution in [0.25, 0.3) is 17.0 Å². The van der Waals surface area contributed by atoms with Gasteiger partial charge in [0.15, 0.2) is 11.5 Å². The predicted octanol–water partition coefficient (Wildman–Crippen LogP) is 3.12. The second-order valence-electron chi connectivity index (χ2n) is 4.92. The average Bonchev–Trinajstić information content (AvgIpc) is 3.24. The summed E-state index contributed by atoms with van der Waals surface area (Å²) in [7, 11) is 0. The predicted molar refractivity (Wildman–Crippen MR) is 83.8 cm³/mol. The van der Waals surface area contributed by atoms with Crippen molar-refractivity contribution >= 4 is 28.7 Å². The number of ether oxygens (including phenoxy) is 1. The topological polar surface area (TPSA) is 52.3 Å². The Bertz CT molecular complexity index is 735. The van der Waals surface area contributed by atoms with E-state index in [1.54, 1.807) is 23.1 Å². The summed E-state index contributed by atoms with van der Waals surface area (Å²) in [6, 6.07) is 6.00. The van der Waals surface area contributed by atoms with Crippen molar-refractivity contribution in [2.75, 3.05) is 12.4 Å². The van der Waals surface area contributed by atoms with Crippen LogP contribution >= 0.6 is 23.1 Å². The number of thioether (sulfide) groups is 1. The Morgan fingerprint density at radius 2 is 2.33 bits per heavy atom. The monoisotopic (exact) mass is 318 g/mol. The van der Waals surface area contributed by atoms with E-state index in [2.05, 4.69) is 20.7 Å². The van der Waals surface area contributed by atoms with Crippen LogP contribution in [0.1, 0.15) is 12.8 Å². The van der Waals surface area contributed by atoms with E-state index in [1.165, 1.54) is 6.42 Å². The van der Waals surface area contributed by atoms with Crippen molar-refractivity contribution in [2.24, 2.45) is 0 Å². The standard InChI is InChI=1S/C14H14N4OS2/c1-2-11(19-6-1)9-21-13-4-3-12-15-16-14(18(12)17-13)10-5-7-20-8-10/h3-5,7-8,11H,1-2,6,9H2. The summed E-state index contributed by atoms with van der Waals surface area (Å²) in [4.78, 5) is 0. The molecule has 1 fully saturated rings. The first-order valence-corrected chi connectivity index (χ1v) is 8.82. The van der Waals surface area contributed by atoms with Gasteiger partial charge < -0.3 is 4.74 Å². The maximum absolute atomic E-state index is 5.65. The van der Waals surface area contributed by atoms with Gasteiger partial charge in [0.25, 0.3) is 0 Å². The van der Waals surface area contributed by atoms with E-state index in [9.17, 15) is 0 Å². The van der Waals surface area contributed by atoms with Crippen molar-refractivity contribution < 1.29 is 4.74 Å². The highest BCUT2D eigenvalue weighted by Crippen LogP contribution is 2.24. The van der Waals surface area contributed by atoms with Gasteiger partial charge >= 0.3 is 0 Å². The molecule has 0 aromatic carbocycles. The third-order valence-corrected chi connectivity index (χ3v) is 5.19. The number of hydrogen-bond donors (Lipinski definition) is 0. The minimum absolute atomic E-state index is 0.366. The van der Waals surface area contributed by atoms with Crippen LogP contribution in [0.2, 0.25) is 0 Å². The van der Waals surface area contributed by atoms with E-state index in [-0.39, 0.29) is 0 Å². The summed E-state index contributed by atoms with van der Waals surface area (Å²) in [5.74, 6) is 1.75. The number of thiophene rings is 1. The summed E-state index contributed by atoms with van der Waals surface area (Å²) in [6.07, 6.45) is 2.69. The molecular weight excluding hydrogens is 304 g/mol. The van der Waals surface area contributed by atoms with Crippen molar-refractivity contribution in [1.82, 2.24) is 19.8 Å². The Kier molecular flexibility index (Phi) is 3.62. The number of rotatable bonds is 4. The van der Waals surface area contributed by atoms with E-state index < -0.39 is 0 Å². The highest BCUT2D eigenvalue weighted by molar-refractivity contribution is 7.99. The Labute approximate surface area is 130 Å². The molecule has 3 aromatic rings. The van der Waals surface area contributed by atoms with E-state index in [0.717, 1.165) is 40.8 Å². The molecule has 0 spiro atoms. The van der Waals surface area contributed by atoms with E-state index in [4.69, 9.17) is 4.74 Å². The number of fused-ring (bicyclic) bond motifs is 1. The molecule has 1 aliphatic rings. The van der Waals surface area contributed by atoms with Crippen LogP contribution in [0.3, 0.4) is 0 Å². The minimum Gasteiger partial charge on any atom is -0.377 e. The first-order valence-electron chi connectivity index (χ1n) is 6.89. The van der Waals surface area contributed by atoms with E-state index in [0.29, 0.717) is 6.10 Å². The van der Waals surface area contributed by atoms with Crippen LogP contribution in [-0.4, -0.2) is 38.3 Å². The van der Waals surface area contributed by atoms with E-state index >= 15 is 0 Å². The highest BCUT2D eigenvalue weighted by atomic mass is 32.2. The molecule has 0 radical (unpaired) electrons. The van der Waals surface area contributed by atoms with Crippen LogP contribution in [0, 0.1) is 0 Å². The molecule has 1 saturated heterocycles. The molecule has 5 nitrogen and oxygen atoms in total. The maximum Gasteiger partial charge on any atom is 0.186 e. The van der Waals surface area contributed by atoms with Gasteiger partial charge in [-0.2, -0.15) is 21.0 Å². The quantitative estimate of drug-likeness (QED) is 0.692. The van der Waals surface area contributed by atoms with Crippen molar-refractivity contribution in [3.05, 3.63) is 29.0 Å². The fraction of sp³-hybridized carbons (Fsp3) is 0.357. The van der Waals surface area contributed by atoms with Crippen LogP contribution in [-0.2, 0) is 4.74 Å². The molecule has 1 unspecified atom stereocenters. The fourth-order valence-corrected chi connectivity index (χ4v) is 3.93. The lowest BCUT2D eigenvalue weighted by molar-refractivity contribution is 0.129. The Morgan fingerprint density at radius 1 is 1.33 bits per heavy atom. The molecule has 4 heterocycles. The largest absolute Gasteiger partial charge is 0.377 e. The fourth-order valence-electron chi connectivity index (χ4n) is 2.37. The first-order chi connectivity index (χ1) is 10.4. The summed E-state index contributed by atoms with van der Waals surface area (Å²) in [5, 5.41) is 18.1. The number of aromatic nitrogens is 4. The summed E-state index contributed by atoms with van der Waals surface area (Å²) >= 11 is 3.38. The molecule has 1 atom stereocenters. The maximum atomic E-state index is 5.65. The first kappa shape index (κ1) is 13.2. The third kappa shape index (κ3) is 2.68. The van der Waals surface area contributed by atoms with Crippen LogP contribution in [0.4, 0.5) is 0 Å². The SMILES string of the molecule is c1cc(-c2nnc3ccc(SCC4CCCO4)nn23)cs1. The second kappa shape index (κ2) is 5.75. The Balaban J connectivity index is 1.60. The molecule has 1 aliphatic heterocycles. The molecule has 0 bridgehead atoms. The van der Waals surface area contributed by atoms with Crippen LogP contribution in [0.5, 0.6) is 0 Å². The van der Waals surface area contributed by atoms with Gasteiger partial charge in [-0.25, -0.2) is 0 Å². The van der Waals surface area contributed by atoms with Crippen LogP contribution in [0.15, 0.2) is 34.0 Å². The average molecular weight is 318 g/mol. The van der Waals surface area contributed by atoms with Crippen molar-refractivity contribution in [1.29, 1.82) is 0 Å². The van der Waals surface area contributed by atoms with Crippen molar-refractivity contribution in [3.63, 3.8) is 0 Å². The molecule has 108 valence electrons. The van der Waals surface area contributed by atoms with Crippen molar-refractivity contribution in [3.8, 4) is 11.4 Å². The Hall–Kier alpha value is -1.44. The van der Waals surface area contributed by atoms with Gasteiger partial charge in [0, 0.05) is 23.3 Å². The van der Waals surface area contributed by atoms with Crippen molar-refractivity contribution in [2.45, 2.75) is 24.0 Å². The molecule has 0 amide bonds. The number of hydrogen-bond acceptors (Lipinski definition) is 6. The van der Waals surface area contributed by atoms with Gasteiger partial charge in [0.2, 0.25) is 0 Å². The second-order valence-corrected chi connectivity index (χ2v) is 6.74. The van der Waals surface area contributed by atoms with Gasteiger partial charge in [-0.15, -0.1) is 22.0 Å². The zero-order chi connectivity index (χ0) is 14.1. The summed E-state index contributed by atoms with van der Waals surface area (Å²) < 4.78 is 7.47. The third-order valence-electron chi connectivity index (χ3n) is 3.46. The molecule has 3 aromatic heterocycles. The van der Waals surface area contributed by atoms with Gasteiger partial charge in [-0.1, -0.05) is 0 Å². The summed E-state index contributed by atoms with van der Waals surface area (Å²) in [5.41, 5.74) is 1.83. The van der Waals surface area contributed by atoms with Gasteiger partial charge in [0.05, 0.1) is 6.10 Å². The molecule has 4 rings (SSSR count). The summed E-state index contributed by atoms with van der Waals surface area (Å²) in [6.45, 7) is 0.894. The molecule has 21 heavy (non-hydrogen) atoms.